The van der Waals surface area contributed by atoms with Crippen molar-refractivity contribution < 1.29 is 9.59 Å². The van der Waals surface area contributed by atoms with Crippen LogP contribution in [0.3, 0.4) is 0 Å². The standard InChI is InChI=1S/C11H19NO2/c1-9(2)11(14)12-8-6-4-3-5-7-10(12)13/h9H,3-8H2,1-2H3. The van der Waals surface area contributed by atoms with Crippen molar-refractivity contribution in [3.05, 3.63) is 0 Å². The summed E-state index contributed by atoms with van der Waals surface area (Å²) in [7, 11) is 0. The summed E-state index contributed by atoms with van der Waals surface area (Å²) in [4.78, 5) is 24.7. The smallest absolute Gasteiger partial charge is 0.231 e. The van der Waals surface area contributed by atoms with Crippen molar-refractivity contribution in [1.29, 1.82) is 0 Å². The van der Waals surface area contributed by atoms with Gasteiger partial charge in [-0.2, -0.15) is 0 Å². The van der Waals surface area contributed by atoms with Crippen LogP contribution in [0.4, 0.5) is 0 Å². The quantitative estimate of drug-likeness (QED) is 0.644. The van der Waals surface area contributed by atoms with E-state index in [1.807, 2.05) is 13.8 Å². The van der Waals surface area contributed by atoms with Gasteiger partial charge in [0.25, 0.3) is 0 Å². The maximum absolute atomic E-state index is 11.7. The first-order valence-electron chi connectivity index (χ1n) is 5.47. The van der Waals surface area contributed by atoms with Crippen LogP contribution in [-0.4, -0.2) is 23.3 Å². The van der Waals surface area contributed by atoms with E-state index in [2.05, 4.69) is 0 Å². The average molecular weight is 197 g/mol. The predicted molar refractivity (Wildman–Crippen MR) is 54.6 cm³/mol. The topological polar surface area (TPSA) is 37.4 Å². The molecule has 3 nitrogen and oxygen atoms in total. The van der Waals surface area contributed by atoms with Crippen LogP contribution in [0.15, 0.2) is 0 Å². The van der Waals surface area contributed by atoms with E-state index in [4.69, 9.17) is 0 Å². The molecule has 2 amide bonds. The lowest BCUT2D eigenvalue weighted by molar-refractivity contribution is -0.147. The second kappa shape index (κ2) is 5.13. The summed E-state index contributed by atoms with van der Waals surface area (Å²) in [5, 5.41) is 0. The highest BCUT2D eigenvalue weighted by Crippen LogP contribution is 2.13. The van der Waals surface area contributed by atoms with Gasteiger partial charge in [-0.1, -0.05) is 26.7 Å². The molecular weight excluding hydrogens is 178 g/mol. The molecule has 0 atom stereocenters. The Morgan fingerprint density at radius 3 is 2.50 bits per heavy atom. The van der Waals surface area contributed by atoms with Crippen molar-refractivity contribution in [2.24, 2.45) is 5.92 Å². The molecule has 0 radical (unpaired) electrons. The molecule has 1 saturated heterocycles. The fraction of sp³-hybridized carbons (Fsp3) is 0.818. The van der Waals surface area contributed by atoms with Crippen LogP contribution in [0, 0.1) is 5.92 Å². The summed E-state index contributed by atoms with van der Waals surface area (Å²) in [6.45, 7) is 4.30. The zero-order chi connectivity index (χ0) is 10.6. The molecule has 1 heterocycles. The number of carbonyl (C=O) groups excluding carboxylic acids is 2. The molecule has 0 aromatic heterocycles. The second-order valence-electron chi connectivity index (χ2n) is 4.20. The third-order valence-corrected chi connectivity index (χ3v) is 2.58. The van der Waals surface area contributed by atoms with Gasteiger partial charge in [-0.3, -0.25) is 14.5 Å². The molecule has 0 spiro atoms. The number of amides is 2. The van der Waals surface area contributed by atoms with Crippen molar-refractivity contribution in [3.8, 4) is 0 Å². The fourth-order valence-electron chi connectivity index (χ4n) is 1.70. The van der Waals surface area contributed by atoms with Crippen LogP contribution < -0.4 is 0 Å². The van der Waals surface area contributed by atoms with Gasteiger partial charge in [0, 0.05) is 18.9 Å². The van der Waals surface area contributed by atoms with Gasteiger partial charge < -0.3 is 0 Å². The minimum absolute atomic E-state index is 0.0168. The largest absolute Gasteiger partial charge is 0.282 e. The number of nitrogens with zero attached hydrogens (tertiary/aromatic N) is 1. The zero-order valence-corrected chi connectivity index (χ0v) is 9.08. The molecule has 0 N–H and O–H groups in total. The Hall–Kier alpha value is -0.860. The Bertz CT molecular complexity index is 223. The van der Waals surface area contributed by atoms with Gasteiger partial charge in [0.1, 0.15) is 0 Å². The molecule has 1 aliphatic rings. The maximum Gasteiger partial charge on any atom is 0.231 e. The molecule has 3 heteroatoms. The van der Waals surface area contributed by atoms with E-state index in [1.165, 1.54) is 4.90 Å². The van der Waals surface area contributed by atoms with Crippen LogP contribution in [0.5, 0.6) is 0 Å². The predicted octanol–water partition coefficient (Wildman–Crippen LogP) is 1.96. The molecule has 1 rings (SSSR count). The Kier molecular flexibility index (Phi) is 4.11. The van der Waals surface area contributed by atoms with Gasteiger partial charge in [0.2, 0.25) is 11.8 Å². The molecule has 0 aromatic carbocycles. The highest BCUT2D eigenvalue weighted by Gasteiger charge is 2.23. The lowest BCUT2D eigenvalue weighted by Crippen LogP contribution is -2.40. The van der Waals surface area contributed by atoms with Gasteiger partial charge in [-0.15, -0.1) is 0 Å². The van der Waals surface area contributed by atoms with E-state index < -0.39 is 0 Å². The summed E-state index contributed by atoms with van der Waals surface area (Å²) in [5.74, 6) is -0.0707. The summed E-state index contributed by atoms with van der Waals surface area (Å²) in [6.07, 6.45) is 4.69. The molecule has 14 heavy (non-hydrogen) atoms. The number of hydrogen-bond donors (Lipinski definition) is 0. The molecule has 80 valence electrons. The minimum Gasteiger partial charge on any atom is -0.282 e. The van der Waals surface area contributed by atoms with Crippen molar-refractivity contribution in [3.63, 3.8) is 0 Å². The van der Waals surface area contributed by atoms with Crippen LogP contribution in [0.2, 0.25) is 0 Å². The first kappa shape index (κ1) is 11.2. The summed E-state index contributed by atoms with van der Waals surface area (Å²) in [5.41, 5.74) is 0. The van der Waals surface area contributed by atoms with E-state index in [-0.39, 0.29) is 17.7 Å². The minimum atomic E-state index is -0.0709. The number of carbonyl (C=O) groups is 2. The number of imide groups is 1. The third kappa shape index (κ3) is 2.82. The van der Waals surface area contributed by atoms with Gasteiger partial charge in [0.05, 0.1) is 0 Å². The first-order chi connectivity index (χ1) is 6.63. The zero-order valence-electron chi connectivity index (χ0n) is 9.08. The van der Waals surface area contributed by atoms with Crippen LogP contribution in [0.1, 0.15) is 46.0 Å². The van der Waals surface area contributed by atoms with Crippen LogP contribution in [0.25, 0.3) is 0 Å². The van der Waals surface area contributed by atoms with Gasteiger partial charge in [0.15, 0.2) is 0 Å². The van der Waals surface area contributed by atoms with E-state index in [9.17, 15) is 9.59 Å². The van der Waals surface area contributed by atoms with Crippen molar-refractivity contribution in [2.75, 3.05) is 6.54 Å². The Balaban J connectivity index is 2.62. The van der Waals surface area contributed by atoms with Gasteiger partial charge in [-0.05, 0) is 12.8 Å². The lowest BCUT2D eigenvalue weighted by atomic mass is 10.1. The second-order valence-corrected chi connectivity index (χ2v) is 4.20. The molecule has 0 bridgehead atoms. The summed E-state index contributed by atoms with van der Waals surface area (Å²) >= 11 is 0. The van der Waals surface area contributed by atoms with Crippen molar-refractivity contribution in [1.82, 2.24) is 4.90 Å². The summed E-state index contributed by atoms with van der Waals surface area (Å²) < 4.78 is 0. The third-order valence-electron chi connectivity index (χ3n) is 2.58. The Morgan fingerprint density at radius 2 is 1.86 bits per heavy atom. The Labute approximate surface area is 85.5 Å². The summed E-state index contributed by atoms with van der Waals surface area (Å²) in [6, 6.07) is 0. The molecule has 0 aromatic rings. The average Bonchev–Trinajstić information content (AvgIpc) is 2.11. The molecule has 1 fully saturated rings. The monoisotopic (exact) mass is 197 g/mol. The van der Waals surface area contributed by atoms with E-state index >= 15 is 0 Å². The van der Waals surface area contributed by atoms with E-state index in [0.717, 1.165) is 25.7 Å². The fourth-order valence-corrected chi connectivity index (χ4v) is 1.70. The first-order valence-corrected chi connectivity index (χ1v) is 5.47. The van der Waals surface area contributed by atoms with Gasteiger partial charge in [-0.25, -0.2) is 0 Å². The highest BCUT2D eigenvalue weighted by molar-refractivity contribution is 5.96. The highest BCUT2D eigenvalue weighted by atomic mass is 16.2. The Morgan fingerprint density at radius 1 is 1.21 bits per heavy atom. The SMILES string of the molecule is CC(C)C(=O)N1CCCCCCC1=O. The van der Waals surface area contributed by atoms with Crippen LogP contribution in [-0.2, 0) is 9.59 Å². The van der Waals surface area contributed by atoms with E-state index in [0.29, 0.717) is 13.0 Å². The van der Waals surface area contributed by atoms with Crippen LogP contribution >= 0.6 is 0 Å². The maximum atomic E-state index is 11.7. The van der Waals surface area contributed by atoms with Crippen molar-refractivity contribution >= 4 is 11.8 Å². The van der Waals surface area contributed by atoms with Gasteiger partial charge >= 0.3 is 0 Å². The molecule has 1 aliphatic heterocycles. The molecule has 0 unspecified atom stereocenters. The number of hydrogen-bond acceptors (Lipinski definition) is 2. The molecule has 0 saturated carbocycles. The van der Waals surface area contributed by atoms with Crippen molar-refractivity contribution in [2.45, 2.75) is 46.0 Å². The normalized spacial score (nSPS) is 19.4. The number of likely N-dealkylation sites (tertiary alicyclic amines) is 1. The van der Waals surface area contributed by atoms with E-state index in [1.54, 1.807) is 0 Å². The molecular formula is C11H19NO2. The molecule has 0 aliphatic carbocycles. The number of rotatable bonds is 1. The lowest BCUT2D eigenvalue weighted by Gasteiger charge is -2.24.